The van der Waals surface area contributed by atoms with Gasteiger partial charge in [0.25, 0.3) is 0 Å². The molecule has 1 aromatic carbocycles. The Labute approximate surface area is 113 Å². The van der Waals surface area contributed by atoms with Crippen molar-refractivity contribution < 1.29 is 4.39 Å². The fourth-order valence-corrected chi connectivity index (χ4v) is 2.26. The van der Waals surface area contributed by atoms with E-state index in [1.807, 2.05) is 7.05 Å². The Hall–Kier alpha value is -1.74. The van der Waals surface area contributed by atoms with Crippen LogP contribution in [0.5, 0.6) is 0 Å². The normalized spacial score (nSPS) is 12.4. The van der Waals surface area contributed by atoms with Gasteiger partial charge in [0.1, 0.15) is 5.82 Å². The molecule has 0 aliphatic carbocycles. The van der Waals surface area contributed by atoms with Crippen molar-refractivity contribution >= 4 is 0 Å². The number of rotatable bonds is 5. The first kappa shape index (κ1) is 13.7. The highest BCUT2D eigenvalue weighted by Crippen LogP contribution is 2.21. The lowest BCUT2D eigenvalue weighted by atomic mass is 9.99. The SMILES string of the molecule is CCCc1cccc(C(NC)c2ccc(F)cn2)c1. The Bertz CT molecular complexity index is 523. The summed E-state index contributed by atoms with van der Waals surface area (Å²) in [5.41, 5.74) is 3.31. The van der Waals surface area contributed by atoms with Crippen LogP contribution in [0.1, 0.15) is 36.2 Å². The molecular weight excluding hydrogens is 239 g/mol. The molecule has 2 rings (SSSR count). The van der Waals surface area contributed by atoms with Gasteiger partial charge in [-0.25, -0.2) is 4.39 Å². The summed E-state index contributed by atoms with van der Waals surface area (Å²) in [4.78, 5) is 4.16. The maximum Gasteiger partial charge on any atom is 0.141 e. The Morgan fingerprint density at radius 3 is 2.74 bits per heavy atom. The van der Waals surface area contributed by atoms with Crippen LogP contribution in [-0.4, -0.2) is 12.0 Å². The monoisotopic (exact) mass is 258 g/mol. The number of pyridine rings is 1. The van der Waals surface area contributed by atoms with Crippen molar-refractivity contribution in [3.05, 3.63) is 65.2 Å². The maximum absolute atomic E-state index is 12.9. The Morgan fingerprint density at radius 2 is 2.11 bits per heavy atom. The van der Waals surface area contributed by atoms with Crippen LogP contribution in [-0.2, 0) is 6.42 Å². The first-order valence-electron chi connectivity index (χ1n) is 6.62. The molecule has 2 aromatic rings. The molecule has 0 radical (unpaired) electrons. The van der Waals surface area contributed by atoms with Crippen molar-refractivity contribution in [2.75, 3.05) is 7.05 Å². The topological polar surface area (TPSA) is 24.9 Å². The summed E-state index contributed by atoms with van der Waals surface area (Å²) < 4.78 is 12.9. The number of nitrogens with one attached hydrogen (secondary N) is 1. The van der Waals surface area contributed by atoms with Crippen LogP contribution < -0.4 is 5.32 Å². The van der Waals surface area contributed by atoms with E-state index in [0.29, 0.717) is 0 Å². The molecule has 100 valence electrons. The minimum atomic E-state index is -0.307. The van der Waals surface area contributed by atoms with E-state index in [9.17, 15) is 4.39 Å². The predicted octanol–water partition coefficient (Wildman–Crippen LogP) is 3.48. The first-order valence-corrected chi connectivity index (χ1v) is 6.62. The number of benzene rings is 1. The van der Waals surface area contributed by atoms with E-state index in [2.05, 4.69) is 41.5 Å². The van der Waals surface area contributed by atoms with Crippen LogP contribution in [0.4, 0.5) is 4.39 Å². The lowest BCUT2D eigenvalue weighted by Gasteiger charge is -2.17. The van der Waals surface area contributed by atoms with Crippen molar-refractivity contribution in [2.24, 2.45) is 0 Å². The molecule has 0 aliphatic rings. The molecule has 0 bridgehead atoms. The van der Waals surface area contributed by atoms with Crippen molar-refractivity contribution in [3.63, 3.8) is 0 Å². The van der Waals surface area contributed by atoms with Crippen LogP contribution in [0, 0.1) is 5.82 Å². The molecule has 0 saturated heterocycles. The van der Waals surface area contributed by atoms with Gasteiger partial charge in [-0.05, 0) is 36.7 Å². The molecule has 1 heterocycles. The highest BCUT2D eigenvalue weighted by molar-refractivity contribution is 5.31. The molecule has 0 saturated carbocycles. The van der Waals surface area contributed by atoms with E-state index in [1.54, 1.807) is 6.07 Å². The molecule has 2 nitrogen and oxygen atoms in total. The van der Waals surface area contributed by atoms with Crippen LogP contribution in [0.15, 0.2) is 42.6 Å². The second kappa shape index (κ2) is 6.43. The molecule has 1 atom stereocenters. The van der Waals surface area contributed by atoms with Crippen molar-refractivity contribution in [3.8, 4) is 0 Å². The second-order valence-corrected chi connectivity index (χ2v) is 4.62. The van der Waals surface area contributed by atoms with Gasteiger partial charge in [0.05, 0.1) is 17.9 Å². The van der Waals surface area contributed by atoms with Gasteiger partial charge in [-0.1, -0.05) is 37.6 Å². The molecule has 0 spiro atoms. The van der Waals surface area contributed by atoms with Gasteiger partial charge in [0.2, 0.25) is 0 Å². The average Bonchev–Trinajstić information content (AvgIpc) is 2.43. The molecule has 0 aliphatic heterocycles. The predicted molar refractivity (Wildman–Crippen MR) is 75.5 cm³/mol. The van der Waals surface area contributed by atoms with Gasteiger partial charge in [-0.15, -0.1) is 0 Å². The minimum absolute atomic E-state index is 0.00240. The fraction of sp³-hybridized carbons (Fsp3) is 0.312. The van der Waals surface area contributed by atoms with Gasteiger partial charge in [-0.3, -0.25) is 4.98 Å². The van der Waals surface area contributed by atoms with Gasteiger partial charge in [0.15, 0.2) is 0 Å². The molecule has 1 unspecified atom stereocenters. The number of halogens is 1. The van der Waals surface area contributed by atoms with E-state index in [0.717, 1.165) is 24.1 Å². The number of nitrogens with zero attached hydrogens (tertiary/aromatic N) is 1. The van der Waals surface area contributed by atoms with Crippen molar-refractivity contribution in [2.45, 2.75) is 25.8 Å². The maximum atomic E-state index is 12.9. The molecule has 19 heavy (non-hydrogen) atoms. The fourth-order valence-electron chi connectivity index (χ4n) is 2.26. The quantitative estimate of drug-likeness (QED) is 0.888. The van der Waals surface area contributed by atoms with E-state index in [4.69, 9.17) is 0 Å². The number of hydrogen-bond acceptors (Lipinski definition) is 2. The van der Waals surface area contributed by atoms with Crippen LogP contribution in [0.3, 0.4) is 0 Å². The smallest absolute Gasteiger partial charge is 0.141 e. The zero-order chi connectivity index (χ0) is 13.7. The first-order chi connectivity index (χ1) is 9.24. The summed E-state index contributed by atoms with van der Waals surface area (Å²) >= 11 is 0. The highest BCUT2D eigenvalue weighted by Gasteiger charge is 2.13. The summed E-state index contributed by atoms with van der Waals surface area (Å²) in [5, 5.41) is 3.24. The Balaban J connectivity index is 2.30. The van der Waals surface area contributed by atoms with Crippen LogP contribution >= 0.6 is 0 Å². The zero-order valence-electron chi connectivity index (χ0n) is 11.4. The minimum Gasteiger partial charge on any atom is -0.308 e. The summed E-state index contributed by atoms with van der Waals surface area (Å²) in [6, 6.07) is 11.6. The van der Waals surface area contributed by atoms with Crippen molar-refractivity contribution in [1.29, 1.82) is 0 Å². The zero-order valence-corrected chi connectivity index (χ0v) is 11.4. The summed E-state index contributed by atoms with van der Waals surface area (Å²) in [7, 11) is 1.89. The lowest BCUT2D eigenvalue weighted by Crippen LogP contribution is -2.19. The number of aryl methyl sites for hydroxylation is 1. The van der Waals surface area contributed by atoms with Crippen LogP contribution in [0.25, 0.3) is 0 Å². The van der Waals surface area contributed by atoms with E-state index in [1.165, 1.54) is 17.8 Å². The molecule has 3 heteroatoms. The van der Waals surface area contributed by atoms with Crippen molar-refractivity contribution in [1.82, 2.24) is 10.3 Å². The lowest BCUT2D eigenvalue weighted by molar-refractivity contribution is 0.609. The van der Waals surface area contributed by atoms with E-state index in [-0.39, 0.29) is 11.9 Å². The summed E-state index contributed by atoms with van der Waals surface area (Å²) in [6.45, 7) is 2.17. The molecule has 1 aromatic heterocycles. The number of hydrogen-bond donors (Lipinski definition) is 1. The third-order valence-electron chi connectivity index (χ3n) is 3.16. The van der Waals surface area contributed by atoms with Gasteiger partial charge in [-0.2, -0.15) is 0 Å². The standard InChI is InChI=1S/C16H19FN2/c1-3-5-12-6-4-7-13(10-12)16(18-2)15-9-8-14(17)11-19-15/h4,6-11,16,18H,3,5H2,1-2H3. The second-order valence-electron chi connectivity index (χ2n) is 4.62. The third kappa shape index (κ3) is 3.38. The molecule has 0 amide bonds. The highest BCUT2D eigenvalue weighted by atomic mass is 19.1. The van der Waals surface area contributed by atoms with Gasteiger partial charge in [0, 0.05) is 0 Å². The summed E-state index contributed by atoms with van der Waals surface area (Å²) in [5.74, 6) is -0.307. The molecule has 1 N–H and O–H groups in total. The number of aromatic nitrogens is 1. The van der Waals surface area contributed by atoms with Gasteiger partial charge < -0.3 is 5.32 Å². The van der Waals surface area contributed by atoms with Gasteiger partial charge >= 0.3 is 0 Å². The van der Waals surface area contributed by atoms with Crippen LogP contribution in [0.2, 0.25) is 0 Å². The largest absolute Gasteiger partial charge is 0.308 e. The third-order valence-corrected chi connectivity index (χ3v) is 3.16. The van der Waals surface area contributed by atoms with E-state index >= 15 is 0 Å². The summed E-state index contributed by atoms with van der Waals surface area (Å²) in [6.07, 6.45) is 3.46. The Kier molecular flexibility index (Phi) is 4.63. The average molecular weight is 258 g/mol. The molecule has 0 fully saturated rings. The van der Waals surface area contributed by atoms with E-state index < -0.39 is 0 Å². The Morgan fingerprint density at radius 1 is 1.26 bits per heavy atom. The molecular formula is C16H19FN2.